The molecule has 0 saturated heterocycles. The summed E-state index contributed by atoms with van der Waals surface area (Å²) in [5.41, 5.74) is 0. The predicted molar refractivity (Wildman–Crippen MR) is 77.2 cm³/mol. The fourth-order valence-electron chi connectivity index (χ4n) is 1.46. The normalized spacial score (nSPS) is 11.7. The first-order valence-electron chi connectivity index (χ1n) is 6.77. The van der Waals surface area contributed by atoms with Crippen molar-refractivity contribution in [1.29, 1.82) is 0 Å². The van der Waals surface area contributed by atoms with Crippen LogP contribution in [0.15, 0.2) is 12.4 Å². The first-order valence-corrected chi connectivity index (χ1v) is 6.77. The number of carbonyl (C=O) groups is 1. The highest BCUT2D eigenvalue weighted by Gasteiger charge is 2.12. The lowest BCUT2D eigenvalue weighted by Gasteiger charge is -2.14. The molecule has 3 N–H and O–H groups in total. The highest BCUT2D eigenvalue weighted by atomic mass is 16.2. The van der Waals surface area contributed by atoms with Crippen molar-refractivity contribution in [3.05, 3.63) is 12.4 Å². The molecule has 0 aliphatic carbocycles. The van der Waals surface area contributed by atoms with Gasteiger partial charge in [-0.3, -0.25) is 9.78 Å². The molecule has 1 aromatic rings. The molecular formula is C13H23N5O. The number of amides is 1. The van der Waals surface area contributed by atoms with Crippen LogP contribution < -0.4 is 16.0 Å². The summed E-state index contributed by atoms with van der Waals surface area (Å²) in [4.78, 5) is 20.2. The second kappa shape index (κ2) is 8.29. The van der Waals surface area contributed by atoms with Crippen LogP contribution in [0.25, 0.3) is 0 Å². The number of rotatable bonds is 8. The molecule has 6 nitrogen and oxygen atoms in total. The average Bonchev–Trinajstić information content (AvgIpc) is 2.42. The fourth-order valence-corrected chi connectivity index (χ4v) is 1.46. The Labute approximate surface area is 114 Å². The van der Waals surface area contributed by atoms with Crippen molar-refractivity contribution in [3.8, 4) is 0 Å². The minimum atomic E-state index is -0.331. The molecule has 0 aliphatic heterocycles. The quantitative estimate of drug-likeness (QED) is 0.665. The van der Waals surface area contributed by atoms with Crippen LogP contribution >= 0.6 is 0 Å². The minimum absolute atomic E-state index is 0.0319. The Kier molecular flexibility index (Phi) is 6.63. The number of aromatic nitrogens is 2. The van der Waals surface area contributed by atoms with Crippen LogP contribution in [0.3, 0.4) is 0 Å². The topological polar surface area (TPSA) is 78.9 Å². The maximum Gasteiger partial charge on any atom is 0.242 e. The lowest BCUT2D eigenvalue weighted by molar-refractivity contribution is -0.121. The van der Waals surface area contributed by atoms with Crippen molar-refractivity contribution >= 4 is 17.5 Å². The van der Waals surface area contributed by atoms with Gasteiger partial charge in [0, 0.05) is 13.1 Å². The minimum Gasteiger partial charge on any atom is -0.369 e. The summed E-state index contributed by atoms with van der Waals surface area (Å²) in [6, 6.07) is -0.331. The summed E-state index contributed by atoms with van der Waals surface area (Å²) in [7, 11) is 0. The molecule has 1 heterocycles. The second-order valence-electron chi connectivity index (χ2n) is 4.37. The van der Waals surface area contributed by atoms with Gasteiger partial charge in [-0.05, 0) is 19.8 Å². The lowest BCUT2D eigenvalue weighted by atomic mass is 10.3. The highest BCUT2D eigenvalue weighted by molar-refractivity contribution is 5.83. The zero-order chi connectivity index (χ0) is 14.1. The number of carbonyl (C=O) groups excluding carboxylic acids is 1. The first kappa shape index (κ1) is 15.2. The van der Waals surface area contributed by atoms with Crippen LogP contribution in [0.1, 0.15) is 33.6 Å². The molecule has 0 saturated carbocycles. The summed E-state index contributed by atoms with van der Waals surface area (Å²) < 4.78 is 0. The zero-order valence-corrected chi connectivity index (χ0v) is 11.9. The van der Waals surface area contributed by atoms with E-state index in [2.05, 4.69) is 32.8 Å². The van der Waals surface area contributed by atoms with Crippen molar-refractivity contribution < 1.29 is 4.79 Å². The summed E-state index contributed by atoms with van der Waals surface area (Å²) in [5, 5.41) is 9.04. The van der Waals surface area contributed by atoms with Gasteiger partial charge in [0.2, 0.25) is 5.91 Å². The molecule has 6 heteroatoms. The Hall–Kier alpha value is -1.85. The number of hydrogen-bond donors (Lipinski definition) is 3. The molecule has 0 fully saturated rings. The molecule has 0 bridgehead atoms. The summed E-state index contributed by atoms with van der Waals surface area (Å²) >= 11 is 0. The van der Waals surface area contributed by atoms with E-state index in [-0.39, 0.29) is 11.9 Å². The van der Waals surface area contributed by atoms with E-state index in [1.54, 1.807) is 19.3 Å². The van der Waals surface area contributed by atoms with E-state index < -0.39 is 0 Å². The predicted octanol–water partition coefficient (Wildman–Crippen LogP) is 1.63. The largest absolute Gasteiger partial charge is 0.369 e. The molecule has 1 unspecified atom stereocenters. The van der Waals surface area contributed by atoms with Crippen molar-refractivity contribution in [2.24, 2.45) is 0 Å². The molecule has 0 aromatic carbocycles. The Morgan fingerprint density at radius 3 is 2.58 bits per heavy atom. The van der Waals surface area contributed by atoms with Gasteiger partial charge in [0.05, 0.1) is 12.4 Å². The molecule has 106 valence electrons. The molecule has 1 amide bonds. The summed E-state index contributed by atoms with van der Waals surface area (Å²) in [6.07, 6.45) is 5.23. The van der Waals surface area contributed by atoms with Gasteiger partial charge >= 0.3 is 0 Å². The van der Waals surface area contributed by atoms with Gasteiger partial charge in [-0.25, -0.2) is 4.98 Å². The van der Waals surface area contributed by atoms with E-state index in [0.717, 1.165) is 19.4 Å². The second-order valence-corrected chi connectivity index (χ2v) is 4.37. The molecule has 0 aliphatic rings. The standard InChI is InChI=1S/C13H23N5O/c1-4-6-15-11-8-14-9-12(18-11)17-10(3)13(19)16-7-5-2/h8-10H,4-7H2,1-3H3,(H,16,19)(H2,15,17,18). The molecule has 1 aromatic heterocycles. The van der Waals surface area contributed by atoms with Crippen molar-refractivity contribution in [1.82, 2.24) is 15.3 Å². The maximum atomic E-state index is 11.7. The molecule has 0 spiro atoms. The number of nitrogens with zero attached hydrogens (tertiary/aromatic N) is 2. The third-order valence-electron chi connectivity index (χ3n) is 2.50. The van der Waals surface area contributed by atoms with Gasteiger partial charge in [-0.1, -0.05) is 13.8 Å². The third kappa shape index (κ3) is 5.54. The molecule has 1 atom stereocenters. The number of nitrogens with one attached hydrogen (secondary N) is 3. The van der Waals surface area contributed by atoms with E-state index in [4.69, 9.17) is 0 Å². The number of hydrogen-bond acceptors (Lipinski definition) is 5. The zero-order valence-electron chi connectivity index (χ0n) is 11.9. The van der Waals surface area contributed by atoms with E-state index >= 15 is 0 Å². The summed E-state index contributed by atoms with van der Waals surface area (Å²) in [5.74, 6) is 1.28. The highest BCUT2D eigenvalue weighted by Crippen LogP contribution is 2.08. The number of anilines is 2. The van der Waals surface area contributed by atoms with Crippen molar-refractivity contribution in [2.45, 2.75) is 39.7 Å². The first-order chi connectivity index (χ1) is 9.17. The van der Waals surface area contributed by atoms with E-state index in [9.17, 15) is 4.79 Å². The Balaban J connectivity index is 2.53. The van der Waals surface area contributed by atoms with Crippen LogP contribution in [-0.4, -0.2) is 35.0 Å². The summed E-state index contributed by atoms with van der Waals surface area (Å²) in [6.45, 7) is 7.45. The average molecular weight is 265 g/mol. The van der Waals surface area contributed by atoms with Gasteiger partial charge in [-0.15, -0.1) is 0 Å². The molecule has 19 heavy (non-hydrogen) atoms. The van der Waals surface area contributed by atoms with E-state index in [1.807, 2.05) is 6.92 Å². The van der Waals surface area contributed by atoms with Crippen LogP contribution in [0.5, 0.6) is 0 Å². The maximum absolute atomic E-state index is 11.7. The Morgan fingerprint density at radius 2 is 1.89 bits per heavy atom. The van der Waals surface area contributed by atoms with Crippen molar-refractivity contribution in [3.63, 3.8) is 0 Å². The molecule has 0 radical (unpaired) electrons. The van der Waals surface area contributed by atoms with Gasteiger partial charge < -0.3 is 16.0 Å². The van der Waals surface area contributed by atoms with Gasteiger partial charge in [0.25, 0.3) is 0 Å². The van der Waals surface area contributed by atoms with Gasteiger partial charge in [-0.2, -0.15) is 0 Å². The third-order valence-corrected chi connectivity index (χ3v) is 2.50. The van der Waals surface area contributed by atoms with Crippen LogP contribution in [0.2, 0.25) is 0 Å². The van der Waals surface area contributed by atoms with E-state index in [0.29, 0.717) is 18.2 Å². The lowest BCUT2D eigenvalue weighted by Crippen LogP contribution is -2.38. The van der Waals surface area contributed by atoms with Gasteiger partial charge in [0.15, 0.2) is 0 Å². The SMILES string of the molecule is CCCNC(=O)C(C)Nc1cncc(NCCC)n1. The van der Waals surface area contributed by atoms with Crippen LogP contribution in [0.4, 0.5) is 11.6 Å². The fraction of sp³-hybridized carbons (Fsp3) is 0.615. The van der Waals surface area contributed by atoms with Crippen molar-refractivity contribution in [2.75, 3.05) is 23.7 Å². The molecular weight excluding hydrogens is 242 g/mol. The molecule has 1 rings (SSSR count). The Bertz CT molecular complexity index is 396. The Morgan fingerprint density at radius 1 is 1.21 bits per heavy atom. The smallest absolute Gasteiger partial charge is 0.242 e. The van der Waals surface area contributed by atoms with Gasteiger partial charge in [0.1, 0.15) is 17.7 Å². The monoisotopic (exact) mass is 265 g/mol. The van der Waals surface area contributed by atoms with E-state index in [1.165, 1.54) is 0 Å². The van der Waals surface area contributed by atoms with Crippen LogP contribution in [-0.2, 0) is 4.79 Å². The van der Waals surface area contributed by atoms with Crippen LogP contribution in [0, 0.1) is 0 Å².